The zero-order valence-electron chi connectivity index (χ0n) is 24.3. The van der Waals surface area contributed by atoms with Gasteiger partial charge in [0.2, 0.25) is 5.91 Å². The number of aryl methyl sites for hydroxylation is 1. The molecule has 4 rings (SSSR count). The number of amides is 2. The summed E-state index contributed by atoms with van der Waals surface area (Å²) in [5.41, 5.74) is 3.56. The van der Waals surface area contributed by atoms with Crippen LogP contribution in [-0.4, -0.2) is 58.3 Å². The SMILES string of the molecule is CCCc1cc(C(=O)NC(Cc2ccccc2)C(O)C(=O)O)nn1Cc1ccc(-c2ccccc2S(=O)(=O)NC(C)=O)cc1. The molecule has 2 unspecified atom stereocenters. The maximum atomic E-state index is 13.2. The number of carbonyl (C=O) groups is 3. The second-order valence-electron chi connectivity index (χ2n) is 10.3. The molecule has 2 amide bonds. The Balaban J connectivity index is 1.55. The van der Waals surface area contributed by atoms with E-state index in [0.29, 0.717) is 24.1 Å². The topological polar surface area (TPSA) is 168 Å². The first-order chi connectivity index (χ1) is 21.0. The van der Waals surface area contributed by atoms with Crippen molar-refractivity contribution in [3.05, 3.63) is 107 Å². The predicted molar refractivity (Wildman–Crippen MR) is 163 cm³/mol. The van der Waals surface area contributed by atoms with Crippen molar-refractivity contribution in [1.82, 2.24) is 19.8 Å². The Morgan fingerprint density at radius 1 is 0.932 bits per heavy atom. The van der Waals surface area contributed by atoms with E-state index in [2.05, 4.69) is 10.4 Å². The van der Waals surface area contributed by atoms with Crippen LogP contribution in [0, 0.1) is 0 Å². The van der Waals surface area contributed by atoms with Crippen LogP contribution >= 0.6 is 0 Å². The maximum absolute atomic E-state index is 13.2. The van der Waals surface area contributed by atoms with Crippen molar-refractivity contribution in [1.29, 1.82) is 0 Å². The third-order valence-electron chi connectivity index (χ3n) is 6.90. The molecular weight excluding hydrogens is 584 g/mol. The van der Waals surface area contributed by atoms with E-state index in [1.807, 2.05) is 29.8 Å². The zero-order chi connectivity index (χ0) is 31.9. The normalized spacial score (nSPS) is 12.7. The number of rotatable bonds is 13. The van der Waals surface area contributed by atoms with E-state index in [4.69, 9.17) is 0 Å². The monoisotopic (exact) mass is 618 g/mol. The van der Waals surface area contributed by atoms with Crippen molar-refractivity contribution >= 4 is 27.8 Å². The molecule has 0 saturated heterocycles. The number of aromatic nitrogens is 2. The third kappa shape index (κ3) is 7.97. The molecule has 11 nitrogen and oxygen atoms in total. The molecule has 0 aliphatic heterocycles. The third-order valence-corrected chi connectivity index (χ3v) is 8.39. The highest BCUT2D eigenvalue weighted by Crippen LogP contribution is 2.28. The Bertz CT molecular complexity index is 1740. The Morgan fingerprint density at radius 2 is 1.59 bits per heavy atom. The number of hydrogen-bond donors (Lipinski definition) is 4. The standard InChI is InChI=1S/C32H34N4O7S/c1-3-9-25-19-28(31(39)33-27(30(38)32(40)41)18-22-10-5-4-6-11-22)34-36(25)20-23-14-16-24(17-15-23)26-12-7-8-13-29(26)44(42,43)35-21(2)37/h4-8,10-17,19,27,30,38H,3,9,18,20H2,1-2H3,(H,33,39)(H,35,37)(H,40,41). The molecule has 0 radical (unpaired) electrons. The van der Waals surface area contributed by atoms with Gasteiger partial charge in [0.25, 0.3) is 15.9 Å². The highest BCUT2D eigenvalue weighted by Gasteiger charge is 2.29. The molecular formula is C32H34N4O7S. The van der Waals surface area contributed by atoms with E-state index >= 15 is 0 Å². The summed E-state index contributed by atoms with van der Waals surface area (Å²) in [7, 11) is -4.05. The summed E-state index contributed by atoms with van der Waals surface area (Å²) in [5.74, 6) is -2.73. The van der Waals surface area contributed by atoms with E-state index < -0.39 is 40.0 Å². The molecule has 0 aliphatic rings. The molecule has 0 spiro atoms. The lowest BCUT2D eigenvalue weighted by atomic mass is 10.0. The van der Waals surface area contributed by atoms with Crippen LogP contribution in [0.15, 0.2) is 89.8 Å². The smallest absolute Gasteiger partial charge is 0.334 e. The van der Waals surface area contributed by atoms with E-state index in [1.165, 1.54) is 6.07 Å². The molecule has 4 aromatic rings. The fourth-order valence-electron chi connectivity index (χ4n) is 4.83. The average Bonchev–Trinajstić information content (AvgIpc) is 3.39. The van der Waals surface area contributed by atoms with Crippen LogP contribution in [-0.2, 0) is 39.0 Å². The highest BCUT2D eigenvalue weighted by atomic mass is 32.2. The number of nitrogens with one attached hydrogen (secondary N) is 2. The lowest BCUT2D eigenvalue weighted by molar-refractivity contribution is -0.148. The second kappa shape index (κ2) is 14.1. The van der Waals surface area contributed by atoms with Crippen molar-refractivity contribution < 1.29 is 33.0 Å². The van der Waals surface area contributed by atoms with Gasteiger partial charge in [-0.25, -0.2) is 17.9 Å². The number of aliphatic carboxylic acids is 1. The van der Waals surface area contributed by atoms with Gasteiger partial charge >= 0.3 is 5.97 Å². The van der Waals surface area contributed by atoms with Crippen molar-refractivity contribution in [2.24, 2.45) is 0 Å². The fourth-order valence-corrected chi connectivity index (χ4v) is 6.05. The minimum atomic E-state index is -4.05. The van der Waals surface area contributed by atoms with Crippen LogP contribution in [0.5, 0.6) is 0 Å². The Kier molecular flexibility index (Phi) is 10.3. The fraction of sp³-hybridized carbons (Fsp3) is 0.250. The van der Waals surface area contributed by atoms with Crippen LogP contribution in [0.1, 0.15) is 47.6 Å². The summed E-state index contributed by atoms with van der Waals surface area (Å²) in [6, 6.07) is 23.1. The van der Waals surface area contributed by atoms with Crippen molar-refractivity contribution in [3.63, 3.8) is 0 Å². The van der Waals surface area contributed by atoms with Gasteiger partial charge in [0.05, 0.1) is 17.5 Å². The largest absolute Gasteiger partial charge is 0.479 e. The van der Waals surface area contributed by atoms with Gasteiger partial charge in [-0.15, -0.1) is 0 Å². The number of hydrogen-bond acceptors (Lipinski definition) is 7. The second-order valence-corrected chi connectivity index (χ2v) is 12.0. The molecule has 230 valence electrons. The number of carboxylic acids is 1. The lowest BCUT2D eigenvalue weighted by Gasteiger charge is -2.21. The van der Waals surface area contributed by atoms with Crippen molar-refractivity contribution in [2.45, 2.75) is 56.7 Å². The zero-order valence-corrected chi connectivity index (χ0v) is 25.1. The van der Waals surface area contributed by atoms with Gasteiger partial charge in [-0.3, -0.25) is 14.3 Å². The van der Waals surface area contributed by atoms with E-state index in [0.717, 1.165) is 30.2 Å². The minimum Gasteiger partial charge on any atom is -0.479 e. The summed E-state index contributed by atoms with van der Waals surface area (Å²) >= 11 is 0. The summed E-state index contributed by atoms with van der Waals surface area (Å²) in [5, 5.41) is 26.8. The van der Waals surface area contributed by atoms with Gasteiger partial charge in [0, 0.05) is 18.2 Å². The van der Waals surface area contributed by atoms with E-state index in [9.17, 15) is 33.0 Å². The molecule has 0 bridgehead atoms. The Labute approximate surface area is 255 Å². The quantitative estimate of drug-likeness (QED) is 0.177. The number of benzene rings is 3. The van der Waals surface area contributed by atoms with Gasteiger partial charge in [0.15, 0.2) is 6.10 Å². The van der Waals surface area contributed by atoms with Crippen LogP contribution in [0.25, 0.3) is 11.1 Å². The van der Waals surface area contributed by atoms with Crippen LogP contribution in [0.4, 0.5) is 0 Å². The number of carboxylic acid groups (broad SMARTS) is 1. The highest BCUT2D eigenvalue weighted by molar-refractivity contribution is 7.90. The first-order valence-electron chi connectivity index (χ1n) is 14.0. The summed E-state index contributed by atoms with van der Waals surface area (Å²) < 4.78 is 29.1. The summed E-state index contributed by atoms with van der Waals surface area (Å²) in [4.78, 5) is 36.2. The molecule has 3 aromatic carbocycles. The molecule has 1 aromatic heterocycles. The minimum absolute atomic E-state index is 0.0190. The number of carbonyl (C=O) groups excluding carboxylic acids is 2. The number of aliphatic hydroxyl groups is 1. The van der Waals surface area contributed by atoms with Crippen LogP contribution in [0.2, 0.25) is 0 Å². The number of aliphatic hydroxyl groups excluding tert-OH is 1. The Morgan fingerprint density at radius 3 is 2.23 bits per heavy atom. The molecule has 0 saturated carbocycles. The number of sulfonamides is 1. The van der Waals surface area contributed by atoms with Gasteiger partial charge in [-0.1, -0.05) is 86.1 Å². The number of nitrogens with zero attached hydrogens (tertiary/aromatic N) is 2. The van der Waals surface area contributed by atoms with Gasteiger partial charge in [-0.2, -0.15) is 5.10 Å². The van der Waals surface area contributed by atoms with E-state index in [1.54, 1.807) is 65.3 Å². The maximum Gasteiger partial charge on any atom is 0.334 e. The van der Waals surface area contributed by atoms with Crippen LogP contribution < -0.4 is 10.0 Å². The molecule has 1 heterocycles. The van der Waals surface area contributed by atoms with Crippen LogP contribution in [0.3, 0.4) is 0 Å². The molecule has 2 atom stereocenters. The predicted octanol–water partition coefficient (Wildman–Crippen LogP) is 3.16. The van der Waals surface area contributed by atoms with Gasteiger partial charge in [0.1, 0.15) is 5.69 Å². The van der Waals surface area contributed by atoms with Crippen molar-refractivity contribution in [2.75, 3.05) is 0 Å². The average molecular weight is 619 g/mol. The Hall–Kier alpha value is -4.81. The van der Waals surface area contributed by atoms with E-state index in [-0.39, 0.29) is 17.0 Å². The first-order valence-corrected chi connectivity index (χ1v) is 15.5. The molecule has 0 fully saturated rings. The first kappa shape index (κ1) is 32.1. The van der Waals surface area contributed by atoms with Gasteiger partial charge < -0.3 is 15.5 Å². The summed E-state index contributed by atoms with van der Waals surface area (Å²) in [6.45, 7) is 3.45. The molecule has 44 heavy (non-hydrogen) atoms. The van der Waals surface area contributed by atoms with Gasteiger partial charge in [-0.05, 0) is 41.7 Å². The van der Waals surface area contributed by atoms with Crippen molar-refractivity contribution in [3.8, 4) is 11.1 Å². The summed E-state index contributed by atoms with van der Waals surface area (Å²) in [6.07, 6.45) is -0.268. The molecule has 12 heteroatoms. The lowest BCUT2D eigenvalue weighted by Crippen LogP contribution is -2.48. The molecule has 0 aliphatic carbocycles. The molecule has 4 N–H and O–H groups in total.